The molecule has 0 rings (SSSR count). The Labute approximate surface area is 147 Å². The average molecular weight is 357 g/mol. The summed E-state index contributed by atoms with van der Waals surface area (Å²) in [5.74, 6) is -0.753. The Bertz CT molecular complexity index is 460. The molecule has 0 saturated heterocycles. The molecule has 11 heteroatoms. The summed E-state index contributed by atoms with van der Waals surface area (Å²) in [5.41, 5.74) is -0.683. The molecule has 3 amide bonds. The number of hydrogen-bond acceptors (Lipinski definition) is 7. The third kappa shape index (κ3) is 11.8. The van der Waals surface area contributed by atoms with Crippen LogP contribution in [-0.4, -0.2) is 77.7 Å². The normalized spacial score (nSPS) is 11.4. The zero-order valence-corrected chi connectivity index (χ0v) is 14.6. The number of carbonyl (C=O) groups is 4. The molecule has 25 heavy (non-hydrogen) atoms. The topological polar surface area (TPSA) is 132 Å². The fourth-order valence-electron chi connectivity index (χ4n) is 1.58. The van der Waals surface area contributed by atoms with E-state index in [9.17, 15) is 19.2 Å². The molecule has 0 bridgehead atoms. The fourth-order valence-corrected chi connectivity index (χ4v) is 1.58. The van der Waals surface area contributed by atoms with Crippen LogP contribution in [0.4, 0.5) is 9.59 Å². The molecule has 0 aliphatic carbocycles. The van der Waals surface area contributed by atoms with Crippen molar-refractivity contribution in [1.82, 2.24) is 16.0 Å². The van der Waals surface area contributed by atoms with Gasteiger partial charge in [0.1, 0.15) is 12.6 Å². The number of ether oxygens (including phenoxy) is 3. The van der Waals surface area contributed by atoms with Gasteiger partial charge >= 0.3 is 12.2 Å². The number of alkyl carbamates (subject to hydrolysis) is 2. The molecule has 0 saturated carbocycles. The lowest BCUT2D eigenvalue weighted by Gasteiger charge is -2.21. The van der Waals surface area contributed by atoms with Gasteiger partial charge in [0.05, 0.1) is 32.6 Å². The number of methoxy groups -OCH3 is 1. The quantitative estimate of drug-likeness (QED) is 0.317. The third-order valence-corrected chi connectivity index (χ3v) is 2.82. The molecule has 2 radical (unpaired) electrons. The minimum absolute atomic E-state index is 0.0300. The van der Waals surface area contributed by atoms with Gasteiger partial charge in [0.25, 0.3) is 0 Å². The number of rotatable bonds is 11. The summed E-state index contributed by atoms with van der Waals surface area (Å²) >= 11 is 0. The van der Waals surface area contributed by atoms with Crippen molar-refractivity contribution in [3.8, 4) is 0 Å². The highest BCUT2D eigenvalue weighted by atomic mass is 16.6. The van der Waals surface area contributed by atoms with E-state index in [1.54, 1.807) is 13.8 Å². The lowest BCUT2D eigenvalue weighted by atomic mass is 10.0. The van der Waals surface area contributed by atoms with Gasteiger partial charge in [0.15, 0.2) is 7.85 Å². The van der Waals surface area contributed by atoms with Crippen LogP contribution >= 0.6 is 0 Å². The van der Waals surface area contributed by atoms with E-state index in [0.29, 0.717) is 0 Å². The molecular formula is C14H24BN3O7. The van der Waals surface area contributed by atoms with Crippen LogP contribution in [0.5, 0.6) is 0 Å². The standard InChI is InChI=1S/C14H24BN3O7/c1-9(2)11(12(20)17-8-10(15)19)18-14(22)25-7-6-24-5-4-16-13(21)23-3/h9,11H,4-8H2,1-3H3,(H,16,21)(H,17,20)(H,18,22). The Morgan fingerprint density at radius 1 is 1.00 bits per heavy atom. The van der Waals surface area contributed by atoms with Crippen LogP contribution in [0.2, 0.25) is 0 Å². The largest absolute Gasteiger partial charge is 0.453 e. The predicted octanol–water partition coefficient (Wildman–Crippen LogP) is -1.08. The number of carbonyl (C=O) groups excluding carboxylic acids is 4. The first-order valence-electron chi connectivity index (χ1n) is 7.66. The zero-order chi connectivity index (χ0) is 19.2. The van der Waals surface area contributed by atoms with E-state index >= 15 is 0 Å². The highest BCUT2D eigenvalue weighted by Gasteiger charge is 2.24. The first-order chi connectivity index (χ1) is 11.8. The molecule has 3 N–H and O–H groups in total. The number of nitrogens with one attached hydrogen (secondary N) is 3. The minimum atomic E-state index is -0.864. The second-order valence-corrected chi connectivity index (χ2v) is 5.22. The summed E-state index contributed by atoms with van der Waals surface area (Å²) in [6, 6.07) is -0.864. The summed E-state index contributed by atoms with van der Waals surface area (Å²) in [4.78, 5) is 45.0. The number of amides is 3. The zero-order valence-electron chi connectivity index (χ0n) is 14.6. The summed E-state index contributed by atoms with van der Waals surface area (Å²) in [7, 11) is 6.20. The van der Waals surface area contributed by atoms with Gasteiger partial charge in [-0.25, -0.2) is 9.59 Å². The Kier molecular flexibility index (Phi) is 11.8. The van der Waals surface area contributed by atoms with Crippen LogP contribution in [0, 0.1) is 5.92 Å². The molecule has 0 spiro atoms. The van der Waals surface area contributed by atoms with Gasteiger partial charge in [-0.05, 0) is 5.92 Å². The second-order valence-electron chi connectivity index (χ2n) is 5.22. The molecule has 1 unspecified atom stereocenters. The predicted molar refractivity (Wildman–Crippen MR) is 88.1 cm³/mol. The average Bonchev–Trinajstić information content (AvgIpc) is 2.55. The van der Waals surface area contributed by atoms with Crippen molar-refractivity contribution in [2.45, 2.75) is 19.9 Å². The SMILES string of the molecule is [B]C(=O)CNC(=O)C(NC(=O)OCCOCCNC(=O)OC)C(C)C. The van der Waals surface area contributed by atoms with Crippen LogP contribution in [0.15, 0.2) is 0 Å². The molecule has 0 aliphatic heterocycles. The molecule has 0 aliphatic rings. The monoisotopic (exact) mass is 357 g/mol. The Hall–Kier alpha value is -2.30. The van der Waals surface area contributed by atoms with E-state index in [1.165, 1.54) is 7.11 Å². The van der Waals surface area contributed by atoms with Gasteiger partial charge in [0, 0.05) is 6.54 Å². The maximum absolute atomic E-state index is 11.9. The maximum atomic E-state index is 11.9. The molecule has 0 aromatic heterocycles. The number of hydrogen-bond donors (Lipinski definition) is 3. The van der Waals surface area contributed by atoms with E-state index in [0.717, 1.165) is 0 Å². The van der Waals surface area contributed by atoms with Crippen LogP contribution in [0.3, 0.4) is 0 Å². The molecule has 0 aromatic rings. The van der Waals surface area contributed by atoms with Crippen molar-refractivity contribution < 1.29 is 33.4 Å². The third-order valence-electron chi connectivity index (χ3n) is 2.82. The lowest BCUT2D eigenvalue weighted by Crippen LogP contribution is -2.50. The smallest absolute Gasteiger partial charge is 0.407 e. The van der Waals surface area contributed by atoms with E-state index in [4.69, 9.17) is 17.3 Å². The van der Waals surface area contributed by atoms with Crippen LogP contribution in [-0.2, 0) is 23.8 Å². The molecule has 0 fully saturated rings. The van der Waals surface area contributed by atoms with Gasteiger partial charge in [-0.1, -0.05) is 13.8 Å². The van der Waals surface area contributed by atoms with E-state index < -0.39 is 29.8 Å². The van der Waals surface area contributed by atoms with E-state index in [2.05, 4.69) is 20.7 Å². The minimum Gasteiger partial charge on any atom is -0.453 e. The van der Waals surface area contributed by atoms with Gasteiger partial charge in [-0.15, -0.1) is 0 Å². The van der Waals surface area contributed by atoms with Crippen LogP contribution in [0.1, 0.15) is 13.8 Å². The van der Waals surface area contributed by atoms with Crippen LogP contribution < -0.4 is 16.0 Å². The van der Waals surface area contributed by atoms with Crippen LogP contribution in [0.25, 0.3) is 0 Å². The van der Waals surface area contributed by atoms with Gasteiger partial charge in [-0.3, -0.25) is 4.79 Å². The fraction of sp³-hybridized carbons (Fsp3) is 0.714. The van der Waals surface area contributed by atoms with Crippen molar-refractivity contribution in [2.75, 3.05) is 40.0 Å². The summed E-state index contributed by atoms with van der Waals surface area (Å²) in [6.07, 6.45) is -1.35. The highest BCUT2D eigenvalue weighted by Crippen LogP contribution is 2.02. The molecule has 0 aromatic carbocycles. The maximum Gasteiger partial charge on any atom is 0.407 e. The van der Waals surface area contributed by atoms with Gasteiger partial charge < -0.3 is 35.0 Å². The summed E-state index contributed by atoms with van der Waals surface area (Å²) in [6.45, 7) is 3.72. The van der Waals surface area contributed by atoms with E-state index in [-0.39, 0.29) is 38.8 Å². The van der Waals surface area contributed by atoms with Crippen molar-refractivity contribution in [3.63, 3.8) is 0 Å². The first kappa shape index (κ1) is 22.7. The molecule has 0 heterocycles. The molecule has 140 valence electrons. The van der Waals surface area contributed by atoms with Gasteiger partial charge in [0.2, 0.25) is 5.91 Å². The van der Waals surface area contributed by atoms with Crippen molar-refractivity contribution in [1.29, 1.82) is 0 Å². The first-order valence-corrected chi connectivity index (χ1v) is 7.66. The second kappa shape index (κ2) is 13.0. The van der Waals surface area contributed by atoms with Crippen molar-refractivity contribution in [2.24, 2.45) is 5.92 Å². The lowest BCUT2D eigenvalue weighted by molar-refractivity contribution is -0.125. The summed E-state index contributed by atoms with van der Waals surface area (Å²) < 4.78 is 14.4. The molecule has 10 nitrogen and oxygen atoms in total. The van der Waals surface area contributed by atoms with Gasteiger partial charge in [-0.2, -0.15) is 0 Å². The van der Waals surface area contributed by atoms with Crippen molar-refractivity contribution >= 4 is 31.6 Å². The highest BCUT2D eigenvalue weighted by molar-refractivity contribution is 6.58. The summed E-state index contributed by atoms with van der Waals surface area (Å²) in [5, 5.41) is 7.15. The van der Waals surface area contributed by atoms with Crippen molar-refractivity contribution in [3.05, 3.63) is 0 Å². The molecule has 1 atom stereocenters. The Balaban J connectivity index is 3.98. The molecular weight excluding hydrogens is 333 g/mol. The Morgan fingerprint density at radius 2 is 1.68 bits per heavy atom. The Morgan fingerprint density at radius 3 is 2.24 bits per heavy atom. The van der Waals surface area contributed by atoms with E-state index in [1.807, 2.05) is 0 Å².